The lowest BCUT2D eigenvalue weighted by Gasteiger charge is -2.41. The van der Waals surface area contributed by atoms with E-state index in [-0.39, 0.29) is 46.5 Å². The lowest BCUT2D eigenvalue weighted by molar-refractivity contribution is -0.142. The Morgan fingerprint density at radius 3 is 1.44 bits per heavy atom. The van der Waals surface area contributed by atoms with Crippen LogP contribution in [0, 0.1) is 11.8 Å². The predicted octanol–water partition coefficient (Wildman–Crippen LogP) is 5.44. The number of piperidine rings is 2. The minimum atomic E-state index is -0.603. The van der Waals surface area contributed by atoms with Crippen LogP contribution in [0.15, 0.2) is 60.7 Å². The number of methoxy groups -OCH3 is 2. The number of ether oxygens (including phenoxy) is 2. The van der Waals surface area contributed by atoms with Gasteiger partial charge in [-0.05, 0) is 99.7 Å². The molecule has 8 unspecified atom stereocenters. The zero-order chi connectivity index (χ0) is 37.9. The topological polar surface area (TPSA) is 117 Å². The number of amides is 4. The first-order valence-corrected chi connectivity index (χ1v) is 22.0. The molecule has 0 aromatic heterocycles. The number of hydrogen-bond donors (Lipinski definition) is 2. The van der Waals surface area contributed by atoms with Crippen molar-refractivity contribution in [2.75, 3.05) is 38.9 Å². The number of hydrogen-bond acceptors (Lipinski definition) is 8. The van der Waals surface area contributed by atoms with Crippen LogP contribution in [-0.4, -0.2) is 107 Å². The van der Waals surface area contributed by atoms with Crippen molar-refractivity contribution in [3.8, 4) is 0 Å². The van der Waals surface area contributed by atoms with Gasteiger partial charge in [-0.15, -0.1) is 23.5 Å². The molecular weight excluding hydrogens is 721 g/mol. The van der Waals surface area contributed by atoms with Gasteiger partial charge in [0.1, 0.15) is 12.1 Å². The summed E-state index contributed by atoms with van der Waals surface area (Å²) in [5.41, 5.74) is 2.06. The Balaban J connectivity index is 1.19. The molecule has 0 spiro atoms. The second-order valence-corrected chi connectivity index (χ2v) is 17.8. The molecule has 10 nitrogen and oxygen atoms in total. The number of rotatable bonds is 15. The Morgan fingerprint density at radius 1 is 0.648 bits per heavy atom. The summed E-state index contributed by atoms with van der Waals surface area (Å²) in [7, 11) is 3.35. The number of carbonyl (C=O) groups excluding carboxylic acids is 4. The normalized spacial score (nSPS) is 27.1. The van der Waals surface area contributed by atoms with Crippen LogP contribution in [0.25, 0.3) is 0 Å². The molecule has 4 fully saturated rings. The molecule has 4 amide bonds. The number of nitrogens with zero attached hydrogens (tertiary/aromatic N) is 2. The summed E-state index contributed by atoms with van der Waals surface area (Å²) < 4.78 is 11.0. The smallest absolute Gasteiger partial charge is 0.246 e. The molecule has 4 heterocycles. The van der Waals surface area contributed by atoms with E-state index < -0.39 is 23.9 Å². The van der Waals surface area contributed by atoms with E-state index in [0.717, 1.165) is 61.2 Å². The Bertz CT molecular complexity index is 1420. The molecule has 2 aromatic rings. The SMILES string of the molecule is COCC1CCCC2SCCC(NC(=O)C(CCC(Cc3ccccc3)C(=O)NC3CCSC4CCCC(COC)N4C3=O)Cc3ccccc3)C(=O)N12. The van der Waals surface area contributed by atoms with Crippen LogP contribution in [0.5, 0.6) is 0 Å². The van der Waals surface area contributed by atoms with Crippen LogP contribution in [0.1, 0.15) is 75.3 Å². The summed E-state index contributed by atoms with van der Waals surface area (Å²) in [5, 5.41) is 6.61. The fraction of sp³-hybridized carbons (Fsp3) is 0.619. The van der Waals surface area contributed by atoms with Gasteiger partial charge in [-0.2, -0.15) is 0 Å². The molecule has 0 radical (unpaired) electrons. The Kier molecular flexibility index (Phi) is 15.2. The minimum absolute atomic E-state index is 0.00854. The first-order valence-electron chi connectivity index (χ1n) is 19.9. The maximum absolute atomic E-state index is 14.3. The third-order valence-corrected chi connectivity index (χ3v) is 14.2. The van der Waals surface area contributed by atoms with Crippen LogP contribution < -0.4 is 10.6 Å². The molecule has 2 N–H and O–H groups in total. The Morgan fingerprint density at radius 2 is 1.06 bits per heavy atom. The van der Waals surface area contributed by atoms with Crippen molar-refractivity contribution in [1.29, 1.82) is 0 Å². The van der Waals surface area contributed by atoms with Crippen molar-refractivity contribution in [1.82, 2.24) is 20.4 Å². The lowest BCUT2D eigenvalue weighted by Crippen LogP contribution is -2.57. The summed E-state index contributed by atoms with van der Waals surface area (Å²) in [5.74, 6) is 0.339. The number of fused-ring (bicyclic) bond motifs is 2. The van der Waals surface area contributed by atoms with Gasteiger partial charge in [0.05, 0.1) is 36.0 Å². The molecule has 0 aliphatic carbocycles. The quantitative estimate of drug-likeness (QED) is 0.246. The zero-order valence-electron chi connectivity index (χ0n) is 31.9. The molecule has 12 heteroatoms. The summed E-state index contributed by atoms with van der Waals surface area (Å²) in [4.78, 5) is 60.8. The van der Waals surface area contributed by atoms with E-state index in [2.05, 4.69) is 10.6 Å². The van der Waals surface area contributed by atoms with Crippen LogP contribution in [0.4, 0.5) is 0 Å². The largest absolute Gasteiger partial charge is 0.383 e. The number of carbonyl (C=O) groups is 4. The Labute approximate surface area is 329 Å². The van der Waals surface area contributed by atoms with Crippen molar-refractivity contribution < 1.29 is 28.7 Å². The van der Waals surface area contributed by atoms with Gasteiger partial charge in [-0.1, -0.05) is 60.7 Å². The van der Waals surface area contributed by atoms with Crippen LogP contribution in [0.2, 0.25) is 0 Å². The Hall–Kier alpha value is -3.06. The van der Waals surface area contributed by atoms with Crippen molar-refractivity contribution in [3.63, 3.8) is 0 Å². The molecule has 4 aliphatic rings. The number of thioether (sulfide) groups is 2. The van der Waals surface area contributed by atoms with Crippen molar-refractivity contribution >= 4 is 47.2 Å². The molecule has 8 atom stereocenters. The summed E-state index contributed by atoms with van der Waals surface area (Å²) in [6.07, 6.45) is 8.89. The number of nitrogens with one attached hydrogen (secondary N) is 2. The van der Waals surface area contributed by atoms with Gasteiger partial charge in [0, 0.05) is 26.1 Å². The zero-order valence-corrected chi connectivity index (χ0v) is 33.5. The van der Waals surface area contributed by atoms with Crippen molar-refractivity contribution in [2.24, 2.45) is 11.8 Å². The first-order chi connectivity index (χ1) is 26.4. The first kappa shape index (κ1) is 40.6. The maximum atomic E-state index is 14.3. The molecule has 0 saturated carbocycles. The monoisotopic (exact) mass is 778 g/mol. The van der Waals surface area contributed by atoms with Crippen LogP contribution >= 0.6 is 23.5 Å². The molecule has 2 aromatic carbocycles. The fourth-order valence-electron chi connectivity index (χ4n) is 8.71. The highest BCUT2D eigenvalue weighted by atomic mass is 32.2. The number of benzene rings is 2. The second kappa shape index (κ2) is 20.2. The van der Waals surface area contributed by atoms with E-state index in [1.807, 2.05) is 70.5 Å². The minimum Gasteiger partial charge on any atom is -0.383 e. The van der Waals surface area contributed by atoms with Crippen molar-refractivity contribution in [3.05, 3.63) is 71.8 Å². The molecule has 6 rings (SSSR count). The van der Waals surface area contributed by atoms with E-state index in [9.17, 15) is 19.2 Å². The summed E-state index contributed by atoms with van der Waals surface area (Å²) in [6, 6.07) is 18.7. The lowest BCUT2D eigenvalue weighted by atomic mass is 9.86. The highest BCUT2D eigenvalue weighted by Gasteiger charge is 2.42. The van der Waals surface area contributed by atoms with Gasteiger partial charge in [0.15, 0.2) is 0 Å². The van der Waals surface area contributed by atoms with E-state index in [1.54, 1.807) is 37.7 Å². The highest BCUT2D eigenvalue weighted by molar-refractivity contribution is 8.00. The third kappa shape index (κ3) is 10.4. The van der Waals surface area contributed by atoms with Crippen LogP contribution in [-0.2, 0) is 41.5 Å². The van der Waals surface area contributed by atoms with Gasteiger partial charge in [-0.25, -0.2) is 0 Å². The molecule has 0 bridgehead atoms. The molecular formula is C42H58N4O6S2. The average molecular weight is 779 g/mol. The van der Waals surface area contributed by atoms with Gasteiger partial charge in [-0.3, -0.25) is 19.2 Å². The standard InChI is InChI=1S/C42H58N4O6S2/c1-51-27-33-15-9-17-37-45(33)41(49)35(21-23-53-37)43-39(47)31(25-29-11-5-3-6-12-29)19-20-32(26-30-13-7-4-8-14-30)40(48)44-36-22-24-54-38-18-10-16-34(28-52-2)46(38)42(36)50/h3-8,11-14,31-38H,9-10,15-28H2,1-2H3,(H,43,47)(H,44,48). The maximum Gasteiger partial charge on any atom is 0.246 e. The van der Waals surface area contributed by atoms with Gasteiger partial charge < -0.3 is 29.9 Å². The van der Waals surface area contributed by atoms with E-state index in [0.29, 0.717) is 51.7 Å². The van der Waals surface area contributed by atoms with E-state index in [1.165, 1.54) is 0 Å². The predicted molar refractivity (Wildman–Crippen MR) is 215 cm³/mol. The van der Waals surface area contributed by atoms with Gasteiger partial charge >= 0.3 is 0 Å². The fourth-order valence-corrected chi connectivity index (χ4v) is 11.5. The molecule has 4 saturated heterocycles. The molecule has 294 valence electrons. The second-order valence-electron chi connectivity index (χ2n) is 15.3. The van der Waals surface area contributed by atoms with E-state index >= 15 is 0 Å². The van der Waals surface area contributed by atoms with Crippen LogP contribution in [0.3, 0.4) is 0 Å². The highest BCUT2D eigenvalue weighted by Crippen LogP contribution is 2.36. The average Bonchev–Trinajstić information content (AvgIpc) is 3.44. The van der Waals surface area contributed by atoms with E-state index in [4.69, 9.17) is 9.47 Å². The van der Waals surface area contributed by atoms with Crippen molar-refractivity contribution in [2.45, 2.75) is 112 Å². The molecule has 54 heavy (non-hydrogen) atoms. The van der Waals surface area contributed by atoms with Gasteiger partial charge in [0.25, 0.3) is 0 Å². The van der Waals surface area contributed by atoms with Gasteiger partial charge in [0.2, 0.25) is 23.6 Å². The molecule has 4 aliphatic heterocycles. The third-order valence-electron chi connectivity index (χ3n) is 11.5. The summed E-state index contributed by atoms with van der Waals surface area (Å²) >= 11 is 3.61. The summed E-state index contributed by atoms with van der Waals surface area (Å²) in [6.45, 7) is 0.977.